The first-order chi connectivity index (χ1) is 12.6. The second kappa shape index (κ2) is 7.25. The Bertz CT molecular complexity index is 898. The van der Waals surface area contributed by atoms with Gasteiger partial charge in [-0.1, -0.05) is 25.4 Å². The van der Waals surface area contributed by atoms with Crippen LogP contribution in [0.1, 0.15) is 26.7 Å². The predicted octanol–water partition coefficient (Wildman–Crippen LogP) is 3.69. The van der Waals surface area contributed by atoms with Crippen molar-refractivity contribution >= 4 is 22.5 Å². The maximum absolute atomic E-state index is 6.18. The fraction of sp³-hybridized carbons (Fsp3) is 0.500. The van der Waals surface area contributed by atoms with E-state index in [4.69, 9.17) is 21.1 Å². The van der Waals surface area contributed by atoms with Gasteiger partial charge in [-0.2, -0.15) is 10.2 Å². The molecule has 1 saturated heterocycles. The molecule has 7 nitrogen and oxygen atoms in total. The van der Waals surface area contributed by atoms with Crippen LogP contribution in [0.25, 0.3) is 22.2 Å². The maximum atomic E-state index is 6.18. The molecule has 0 aliphatic carbocycles. The minimum Gasteiger partial charge on any atom is -0.474 e. The summed E-state index contributed by atoms with van der Waals surface area (Å²) in [6.07, 6.45) is 5.59. The molecular formula is C18H22ClN5O2. The molecule has 0 spiro atoms. The lowest BCUT2D eigenvalue weighted by Gasteiger charge is -2.23. The molecule has 8 heteroatoms. The first-order valence-corrected chi connectivity index (χ1v) is 9.30. The van der Waals surface area contributed by atoms with Crippen LogP contribution in [0, 0.1) is 5.92 Å². The summed E-state index contributed by atoms with van der Waals surface area (Å²) in [5, 5.41) is 13.2. The maximum Gasteiger partial charge on any atom is 0.226 e. The van der Waals surface area contributed by atoms with Crippen LogP contribution in [0.15, 0.2) is 18.5 Å². The molecule has 138 valence electrons. The van der Waals surface area contributed by atoms with Crippen LogP contribution in [0.4, 0.5) is 0 Å². The molecule has 0 saturated carbocycles. The zero-order valence-electron chi connectivity index (χ0n) is 14.9. The number of fused-ring (bicyclic) bond motifs is 1. The van der Waals surface area contributed by atoms with E-state index >= 15 is 0 Å². The number of aromatic nitrogens is 5. The number of pyridine rings is 1. The number of H-pyrrole nitrogens is 1. The highest BCUT2D eigenvalue weighted by Crippen LogP contribution is 2.35. The Balaban J connectivity index is 1.72. The van der Waals surface area contributed by atoms with Crippen LogP contribution < -0.4 is 4.74 Å². The van der Waals surface area contributed by atoms with E-state index in [0.29, 0.717) is 30.2 Å². The van der Waals surface area contributed by atoms with Gasteiger partial charge in [0.2, 0.25) is 5.88 Å². The Morgan fingerprint density at radius 2 is 2.19 bits per heavy atom. The van der Waals surface area contributed by atoms with Crippen molar-refractivity contribution in [2.75, 3.05) is 13.2 Å². The number of hydrogen-bond acceptors (Lipinski definition) is 5. The third-order valence-electron chi connectivity index (χ3n) is 4.39. The molecule has 1 fully saturated rings. The van der Waals surface area contributed by atoms with E-state index in [2.05, 4.69) is 34.1 Å². The van der Waals surface area contributed by atoms with Crippen LogP contribution in [0.2, 0.25) is 5.15 Å². The van der Waals surface area contributed by atoms with Crippen molar-refractivity contribution in [2.24, 2.45) is 5.92 Å². The molecular weight excluding hydrogens is 354 g/mol. The summed E-state index contributed by atoms with van der Waals surface area (Å²) in [5.41, 5.74) is 2.51. The van der Waals surface area contributed by atoms with E-state index in [1.165, 1.54) is 0 Å². The third kappa shape index (κ3) is 3.54. The quantitative estimate of drug-likeness (QED) is 0.688. The average molecular weight is 376 g/mol. The van der Waals surface area contributed by atoms with Gasteiger partial charge in [0.1, 0.15) is 17.0 Å². The van der Waals surface area contributed by atoms with E-state index in [9.17, 15) is 0 Å². The Hall–Kier alpha value is -2.12. The molecule has 0 amide bonds. The van der Waals surface area contributed by atoms with Crippen LogP contribution in [-0.4, -0.2) is 44.3 Å². The zero-order valence-corrected chi connectivity index (χ0v) is 15.7. The van der Waals surface area contributed by atoms with Crippen molar-refractivity contribution in [1.82, 2.24) is 25.0 Å². The molecule has 4 heterocycles. The highest BCUT2D eigenvalue weighted by atomic mass is 35.5. The summed E-state index contributed by atoms with van der Waals surface area (Å²) in [4.78, 5) is 4.42. The van der Waals surface area contributed by atoms with Crippen molar-refractivity contribution in [3.8, 4) is 17.1 Å². The highest BCUT2D eigenvalue weighted by molar-refractivity contribution is 6.30. The number of nitrogens with one attached hydrogen (secondary N) is 1. The molecule has 3 aromatic rings. The largest absolute Gasteiger partial charge is 0.474 e. The molecule has 1 N–H and O–H groups in total. The van der Waals surface area contributed by atoms with E-state index in [-0.39, 0.29) is 6.10 Å². The Morgan fingerprint density at radius 1 is 1.38 bits per heavy atom. The van der Waals surface area contributed by atoms with Crippen molar-refractivity contribution in [3.05, 3.63) is 23.6 Å². The van der Waals surface area contributed by atoms with E-state index in [1.807, 2.05) is 17.1 Å². The Labute approximate surface area is 156 Å². The second-order valence-electron chi connectivity index (χ2n) is 7.02. The number of ether oxygens (including phenoxy) is 2. The monoisotopic (exact) mass is 375 g/mol. The highest BCUT2D eigenvalue weighted by Gasteiger charge is 2.22. The molecule has 0 unspecified atom stereocenters. The summed E-state index contributed by atoms with van der Waals surface area (Å²) in [5.74, 6) is 1.03. The molecule has 0 aromatic carbocycles. The molecule has 1 aliphatic rings. The van der Waals surface area contributed by atoms with Crippen molar-refractivity contribution in [3.63, 3.8) is 0 Å². The van der Waals surface area contributed by atoms with E-state index in [0.717, 1.165) is 41.5 Å². The van der Waals surface area contributed by atoms with Crippen LogP contribution in [0.3, 0.4) is 0 Å². The molecule has 4 rings (SSSR count). The number of hydrogen-bond donors (Lipinski definition) is 1. The van der Waals surface area contributed by atoms with Gasteiger partial charge in [0.15, 0.2) is 0 Å². The lowest BCUT2D eigenvalue weighted by atomic mass is 10.1. The van der Waals surface area contributed by atoms with Gasteiger partial charge in [-0.15, -0.1) is 0 Å². The molecule has 1 aliphatic heterocycles. The van der Waals surface area contributed by atoms with E-state index < -0.39 is 0 Å². The number of nitrogens with zero attached hydrogens (tertiary/aromatic N) is 4. The van der Waals surface area contributed by atoms with E-state index in [1.54, 1.807) is 6.07 Å². The van der Waals surface area contributed by atoms with Crippen molar-refractivity contribution in [2.45, 2.75) is 39.3 Å². The molecule has 0 atom stereocenters. The Morgan fingerprint density at radius 3 is 2.96 bits per heavy atom. The van der Waals surface area contributed by atoms with Gasteiger partial charge in [0, 0.05) is 37.2 Å². The SMILES string of the molecule is CC(C)Cn1cc(-c2n[nH]c3cc(Cl)nc(OC4CCOCC4)c23)cn1. The number of halogens is 1. The Kier molecular flexibility index (Phi) is 4.82. The number of rotatable bonds is 5. The van der Waals surface area contributed by atoms with Gasteiger partial charge in [0.05, 0.1) is 30.3 Å². The van der Waals surface area contributed by atoms with Crippen LogP contribution in [0.5, 0.6) is 5.88 Å². The van der Waals surface area contributed by atoms with Gasteiger partial charge in [-0.05, 0) is 5.92 Å². The second-order valence-corrected chi connectivity index (χ2v) is 7.41. The van der Waals surface area contributed by atoms with Crippen LogP contribution in [-0.2, 0) is 11.3 Å². The molecule has 26 heavy (non-hydrogen) atoms. The lowest BCUT2D eigenvalue weighted by Crippen LogP contribution is -2.26. The van der Waals surface area contributed by atoms with Gasteiger partial charge in [-0.3, -0.25) is 9.78 Å². The van der Waals surface area contributed by atoms with Crippen molar-refractivity contribution in [1.29, 1.82) is 0 Å². The summed E-state index contributed by atoms with van der Waals surface area (Å²) in [6.45, 7) is 6.59. The van der Waals surface area contributed by atoms with Gasteiger partial charge < -0.3 is 9.47 Å². The average Bonchev–Trinajstić information content (AvgIpc) is 3.21. The van der Waals surface area contributed by atoms with Crippen LogP contribution >= 0.6 is 11.6 Å². The smallest absolute Gasteiger partial charge is 0.226 e. The standard InChI is InChI=1S/C18H22ClN5O2/c1-11(2)9-24-10-12(8-20-24)17-16-14(22-23-17)7-15(19)21-18(16)26-13-3-5-25-6-4-13/h7-8,10-11,13H,3-6,9H2,1-2H3,(H,22,23). The summed E-state index contributed by atoms with van der Waals surface area (Å²) in [7, 11) is 0. The number of aromatic amines is 1. The fourth-order valence-electron chi connectivity index (χ4n) is 3.19. The minimum atomic E-state index is 0.0735. The topological polar surface area (TPSA) is 77.9 Å². The zero-order chi connectivity index (χ0) is 18.1. The molecule has 0 radical (unpaired) electrons. The van der Waals surface area contributed by atoms with Gasteiger partial charge in [0.25, 0.3) is 0 Å². The minimum absolute atomic E-state index is 0.0735. The van der Waals surface area contributed by atoms with Gasteiger partial charge in [-0.25, -0.2) is 4.98 Å². The normalized spacial score (nSPS) is 15.8. The third-order valence-corrected chi connectivity index (χ3v) is 4.58. The van der Waals surface area contributed by atoms with Gasteiger partial charge >= 0.3 is 0 Å². The van der Waals surface area contributed by atoms with Crippen molar-refractivity contribution < 1.29 is 9.47 Å². The first-order valence-electron chi connectivity index (χ1n) is 8.92. The summed E-state index contributed by atoms with van der Waals surface area (Å²) in [6, 6.07) is 1.77. The predicted molar refractivity (Wildman–Crippen MR) is 99.4 cm³/mol. The fourth-order valence-corrected chi connectivity index (χ4v) is 3.37. The molecule has 3 aromatic heterocycles. The first kappa shape index (κ1) is 17.3. The molecule has 0 bridgehead atoms. The summed E-state index contributed by atoms with van der Waals surface area (Å²) >= 11 is 6.18. The summed E-state index contributed by atoms with van der Waals surface area (Å²) < 4.78 is 13.5. The lowest BCUT2D eigenvalue weighted by molar-refractivity contribution is 0.0244.